The highest BCUT2D eigenvalue weighted by Gasteiger charge is 2.31. The molecule has 0 aromatic carbocycles. The van der Waals surface area contributed by atoms with E-state index in [4.69, 9.17) is 9.47 Å². The lowest BCUT2D eigenvalue weighted by Gasteiger charge is -2.36. The molecule has 1 heterocycles. The van der Waals surface area contributed by atoms with Gasteiger partial charge in [-0.25, -0.2) is 0 Å². The zero-order valence-corrected chi connectivity index (χ0v) is 12.5. The molecule has 0 N–H and O–H groups in total. The molecule has 0 radical (unpaired) electrons. The minimum absolute atomic E-state index is 0.236. The third-order valence-corrected chi connectivity index (χ3v) is 3.97. The summed E-state index contributed by atoms with van der Waals surface area (Å²) in [6.07, 6.45) is 14.1. The molecule has 0 aliphatic carbocycles. The first-order valence-electron chi connectivity index (χ1n) is 8.11. The summed E-state index contributed by atoms with van der Waals surface area (Å²) in [6.45, 7) is 6.21. The molecule has 18 heavy (non-hydrogen) atoms. The maximum atomic E-state index is 5.85. The lowest BCUT2D eigenvalue weighted by Crippen LogP contribution is -2.39. The normalized spacial score (nSPS) is 19.0. The maximum absolute atomic E-state index is 5.85. The van der Waals surface area contributed by atoms with Gasteiger partial charge in [-0.3, -0.25) is 0 Å². The Labute approximate surface area is 113 Å². The molecule has 1 rings (SSSR count). The van der Waals surface area contributed by atoms with Crippen molar-refractivity contribution in [3.8, 4) is 0 Å². The Morgan fingerprint density at radius 2 is 1.33 bits per heavy atom. The van der Waals surface area contributed by atoms with Crippen molar-refractivity contribution in [3.63, 3.8) is 0 Å². The molecule has 108 valence electrons. The van der Waals surface area contributed by atoms with Gasteiger partial charge in [-0.05, 0) is 19.3 Å². The van der Waals surface area contributed by atoms with Gasteiger partial charge in [0.2, 0.25) is 0 Å². The van der Waals surface area contributed by atoms with E-state index in [1.165, 1.54) is 51.4 Å². The van der Waals surface area contributed by atoms with Gasteiger partial charge in [0.05, 0.1) is 13.2 Å². The smallest absolute Gasteiger partial charge is 0.168 e. The largest absolute Gasteiger partial charge is 0.350 e. The van der Waals surface area contributed by atoms with Crippen LogP contribution in [0.1, 0.15) is 84.5 Å². The van der Waals surface area contributed by atoms with Crippen LogP contribution in [0.2, 0.25) is 0 Å². The average molecular weight is 256 g/mol. The summed E-state index contributed by atoms with van der Waals surface area (Å²) in [5.41, 5.74) is 0. The fraction of sp³-hybridized carbons (Fsp3) is 1.00. The van der Waals surface area contributed by atoms with Crippen molar-refractivity contribution in [1.82, 2.24) is 0 Å². The minimum Gasteiger partial charge on any atom is -0.350 e. The van der Waals surface area contributed by atoms with Crippen molar-refractivity contribution < 1.29 is 9.47 Å². The van der Waals surface area contributed by atoms with Crippen molar-refractivity contribution in [2.45, 2.75) is 90.3 Å². The van der Waals surface area contributed by atoms with Crippen molar-refractivity contribution in [2.24, 2.45) is 0 Å². The van der Waals surface area contributed by atoms with E-state index in [0.29, 0.717) is 0 Å². The molecular weight excluding hydrogens is 224 g/mol. The van der Waals surface area contributed by atoms with Crippen molar-refractivity contribution in [1.29, 1.82) is 0 Å². The Balaban J connectivity index is 1.98. The second-order valence-electron chi connectivity index (χ2n) is 5.54. The molecule has 1 aliphatic heterocycles. The first-order chi connectivity index (χ1) is 8.83. The summed E-state index contributed by atoms with van der Waals surface area (Å²) in [5.74, 6) is -0.236. The highest BCUT2D eigenvalue weighted by atomic mass is 16.7. The molecule has 1 fully saturated rings. The molecule has 0 spiro atoms. The van der Waals surface area contributed by atoms with Gasteiger partial charge in [-0.2, -0.15) is 0 Å². The molecule has 0 unspecified atom stereocenters. The van der Waals surface area contributed by atoms with Gasteiger partial charge in [0.1, 0.15) is 0 Å². The van der Waals surface area contributed by atoms with Crippen LogP contribution in [0.25, 0.3) is 0 Å². The van der Waals surface area contributed by atoms with Crippen molar-refractivity contribution in [2.75, 3.05) is 13.2 Å². The van der Waals surface area contributed by atoms with Crippen LogP contribution in [-0.2, 0) is 9.47 Å². The van der Waals surface area contributed by atoms with E-state index in [-0.39, 0.29) is 5.79 Å². The Hall–Kier alpha value is -0.0800. The van der Waals surface area contributed by atoms with Crippen LogP contribution in [-0.4, -0.2) is 19.0 Å². The fourth-order valence-electron chi connectivity index (χ4n) is 2.67. The lowest BCUT2D eigenvalue weighted by atomic mass is 10.0. The molecule has 0 atom stereocenters. The molecule has 0 saturated carbocycles. The summed E-state index contributed by atoms with van der Waals surface area (Å²) in [4.78, 5) is 0. The standard InChI is InChI=1S/C16H32O2/c1-3-5-6-7-8-9-10-11-13-16(4-2)17-14-12-15-18-16/h3-15H2,1-2H3. The van der Waals surface area contributed by atoms with E-state index in [2.05, 4.69) is 13.8 Å². The minimum atomic E-state index is -0.236. The van der Waals surface area contributed by atoms with Gasteiger partial charge in [-0.15, -0.1) is 0 Å². The van der Waals surface area contributed by atoms with E-state index in [1.807, 2.05) is 0 Å². The topological polar surface area (TPSA) is 18.5 Å². The van der Waals surface area contributed by atoms with Crippen LogP contribution in [0.5, 0.6) is 0 Å². The van der Waals surface area contributed by atoms with Crippen LogP contribution in [0.15, 0.2) is 0 Å². The van der Waals surface area contributed by atoms with Crippen LogP contribution in [0, 0.1) is 0 Å². The predicted octanol–water partition coefficient (Wildman–Crippen LogP) is 5.06. The molecule has 0 aromatic heterocycles. The van der Waals surface area contributed by atoms with E-state index >= 15 is 0 Å². The zero-order valence-electron chi connectivity index (χ0n) is 12.5. The second-order valence-corrected chi connectivity index (χ2v) is 5.54. The quantitative estimate of drug-likeness (QED) is 0.509. The third-order valence-electron chi connectivity index (χ3n) is 3.97. The monoisotopic (exact) mass is 256 g/mol. The number of unbranched alkanes of at least 4 members (excludes halogenated alkanes) is 7. The molecule has 2 heteroatoms. The van der Waals surface area contributed by atoms with E-state index in [0.717, 1.165) is 32.5 Å². The Morgan fingerprint density at radius 1 is 0.778 bits per heavy atom. The number of rotatable bonds is 10. The van der Waals surface area contributed by atoms with Crippen LogP contribution >= 0.6 is 0 Å². The van der Waals surface area contributed by atoms with Gasteiger partial charge in [0, 0.05) is 6.42 Å². The average Bonchev–Trinajstić information content (AvgIpc) is 2.43. The second kappa shape index (κ2) is 9.80. The van der Waals surface area contributed by atoms with E-state index < -0.39 is 0 Å². The maximum Gasteiger partial charge on any atom is 0.168 e. The molecule has 0 aromatic rings. The fourth-order valence-corrected chi connectivity index (χ4v) is 2.67. The number of ether oxygens (including phenoxy) is 2. The molecule has 2 nitrogen and oxygen atoms in total. The van der Waals surface area contributed by atoms with E-state index in [9.17, 15) is 0 Å². The summed E-state index contributed by atoms with van der Waals surface area (Å²) in [5, 5.41) is 0. The van der Waals surface area contributed by atoms with Gasteiger partial charge in [-0.1, -0.05) is 58.8 Å². The first kappa shape index (κ1) is 16.0. The summed E-state index contributed by atoms with van der Waals surface area (Å²) in [7, 11) is 0. The van der Waals surface area contributed by atoms with Crippen LogP contribution < -0.4 is 0 Å². The number of hydrogen-bond donors (Lipinski definition) is 0. The molecule has 1 saturated heterocycles. The predicted molar refractivity (Wildman–Crippen MR) is 76.8 cm³/mol. The summed E-state index contributed by atoms with van der Waals surface area (Å²) >= 11 is 0. The Kier molecular flexibility index (Phi) is 8.70. The van der Waals surface area contributed by atoms with Crippen LogP contribution in [0.4, 0.5) is 0 Å². The Morgan fingerprint density at radius 3 is 1.89 bits per heavy atom. The number of hydrogen-bond acceptors (Lipinski definition) is 2. The molecular formula is C16H32O2. The van der Waals surface area contributed by atoms with E-state index in [1.54, 1.807) is 0 Å². The van der Waals surface area contributed by atoms with Crippen molar-refractivity contribution >= 4 is 0 Å². The molecule has 1 aliphatic rings. The van der Waals surface area contributed by atoms with Gasteiger partial charge in [0.25, 0.3) is 0 Å². The summed E-state index contributed by atoms with van der Waals surface area (Å²) < 4.78 is 11.7. The third kappa shape index (κ3) is 6.19. The lowest BCUT2D eigenvalue weighted by molar-refractivity contribution is -0.271. The zero-order chi connectivity index (χ0) is 13.1. The highest BCUT2D eigenvalue weighted by molar-refractivity contribution is 4.71. The van der Waals surface area contributed by atoms with Crippen molar-refractivity contribution in [3.05, 3.63) is 0 Å². The molecule has 0 bridgehead atoms. The van der Waals surface area contributed by atoms with Crippen LogP contribution in [0.3, 0.4) is 0 Å². The first-order valence-corrected chi connectivity index (χ1v) is 8.11. The SMILES string of the molecule is CCCCCCCCCCC1(CC)OCCCO1. The summed E-state index contributed by atoms with van der Waals surface area (Å²) in [6, 6.07) is 0. The van der Waals surface area contributed by atoms with Gasteiger partial charge < -0.3 is 9.47 Å². The van der Waals surface area contributed by atoms with Gasteiger partial charge >= 0.3 is 0 Å². The van der Waals surface area contributed by atoms with Gasteiger partial charge in [0.15, 0.2) is 5.79 Å². The Bertz CT molecular complexity index is 186. The highest BCUT2D eigenvalue weighted by Crippen LogP contribution is 2.28. The molecule has 0 amide bonds.